The zero-order chi connectivity index (χ0) is 15.0. The van der Waals surface area contributed by atoms with Gasteiger partial charge in [-0.2, -0.15) is 0 Å². The smallest absolute Gasteiger partial charge is 0.289 e. The van der Waals surface area contributed by atoms with E-state index in [0.29, 0.717) is 37.4 Å². The van der Waals surface area contributed by atoms with Gasteiger partial charge in [-0.15, -0.1) is 0 Å². The number of hydrogen-bond acceptors (Lipinski definition) is 3. The number of carbonyl (C=O) groups excluding carboxylic acids is 2. The molecule has 1 aromatic heterocycles. The maximum Gasteiger partial charge on any atom is 0.289 e. The molecule has 1 fully saturated rings. The molecule has 6 heteroatoms. The second-order valence-corrected chi connectivity index (χ2v) is 6.00. The monoisotopic (exact) mass is 350 g/mol. The van der Waals surface area contributed by atoms with Crippen LogP contribution in [0.5, 0.6) is 0 Å². The first-order chi connectivity index (χ1) is 10.1. The van der Waals surface area contributed by atoms with Crippen LogP contribution in [0.1, 0.15) is 22.5 Å². The summed E-state index contributed by atoms with van der Waals surface area (Å²) in [6, 6.07) is 5.67. The van der Waals surface area contributed by atoms with Gasteiger partial charge in [-0.3, -0.25) is 9.59 Å². The van der Waals surface area contributed by atoms with Crippen molar-refractivity contribution in [3.63, 3.8) is 0 Å². The third kappa shape index (κ3) is 2.68. The molecular weight excluding hydrogens is 336 g/mol. The van der Waals surface area contributed by atoms with Crippen LogP contribution in [0, 0.1) is 6.92 Å². The second-order valence-electron chi connectivity index (χ2n) is 5.09. The molecule has 1 aliphatic heterocycles. The molecule has 1 aromatic carbocycles. The number of nitrogens with one attached hydrogen (secondary N) is 1. The van der Waals surface area contributed by atoms with E-state index in [-0.39, 0.29) is 11.8 Å². The molecular formula is C15H15BrN2O3. The van der Waals surface area contributed by atoms with E-state index < -0.39 is 0 Å². The number of halogens is 1. The van der Waals surface area contributed by atoms with E-state index in [0.717, 1.165) is 15.4 Å². The average molecular weight is 351 g/mol. The molecule has 1 saturated heterocycles. The Hall–Kier alpha value is -1.82. The Labute approximate surface area is 130 Å². The van der Waals surface area contributed by atoms with Crippen molar-refractivity contribution < 1.29 is 14.0 Å². The Balaban J connectivity index is 1.94. The van der Waals surface area contributed by atoms with Crippen molar-refractivity contribution in [2.75, 3.05) is 19.6 Å². The molecule has 110 valence electrons. The number of hydrogen-bond donors (Lipinski definition) is 1. The molecule has 1 aliphatic rings. The molecule has 0 radical (unpaired) electrons. The van der Waals surface area contributed by atoms with Gasteiger partial charge < -0.3 is 14.6 Å². The number of benzene rings is 1. The van der Waals surface area contributed by atoms with Gasteiger partial charge in [0, 0.05) is 41.5 Å². The van der Waals surface area contributed by atoms with Gasteiger partial charge >= 0.3 is 0 Å². The van der Waals surface area contributed by atoms with Crippen molar-refractivity contribution in [3.05, 3.63) is 34.0 Å². The summed E-state index contributed by atoms with van der Waals surface area (Å²) < 4.78 is 6.67. The van der Waals surface area contributed by atoms with Gasteiger partial charge in [0.25, 0.3) is 5.91 Å². The maximum atomic E-state index is 12.6. The molecule has 3 rings (SSSR count). The summed E-state index contributed by atoms with van der Waals surface area (Å²) in [5.41, 5.74) is 1.53. The lowest BCUT2D eigenvalue weighted by atomic mass is 10.1. The van der Waals surface area contributed by atoms with E-state index in [1.54, 1.807) is 4.90 Å². The molecule has 1 N–H and O–H groups in total. The van der Waals surface area contributed by atoms with Crippen LogP contribution in [-0.2, 0) is 4.79 Å². The normalized spacial score (nSPS) is 15.9. The largest absolute Gasteiger partial charge is 0.451 e. The van der Waals surface area contributed by atoms with Crippen LogP contribution in [0.2, 0.25) is 0 Å². The third-order valence-corrected chi connectivity index (χ3v) is 4.19. The van der Waals surface area contributed by atoms with E-state index in [4.69, 9.17) is 4.42 Å². The first kappa shape index (κ1) is 14.1. The fourth-order valence-electron chi connectivity index (χ4n) is 2.51. The van der Waals surface area contributed by atoms with E-state index in [9.17, 15) is 9.59 Å². The van der Waals surface area contributed by atoms with Crippen LogP contribution in [0.3, 0.4) is 0 Å². The van der Waals surface area contributed by atoms with Crippen molar-refractivity contribution in [2.24, 2.45) is 0 Å². The summed E-state index contributed by atoms with van der Waals surface area (Å²) in [5.74, 6) is 0.185. The first-order valence-corrected chi connectivity index (χ1v) is 7.60. The Bertz CT molecular complexity index is 723. The molecule has 2 aromatic rings. The standard InChI is InChI=1S/C15H15BrN2O3/c1-9-11-8-10(16)2-3-12(11)21-14(9)15(20)18-6-4-13(19)17-5-7-18/h2-3,8H,4-7H2,1H3,(H,17,19). The Morgan fingerprint density at radius 3 is 3.00 bits per heavy atom. The van der Waals surface area contributed by atoms with Gasteiger partial charge in [0.1, 0.15) is 5.58 Å². The molecule has 2 heterocycles. The van der Waals surface area contributed by atoms with Crippen LogP contribution >= 0.6 is 15.9 Å². The molecule has 0 aliphatic carbocycles. The van der Waals surface area contributed by atoms with Crippen LogP contribution in [0.15, 0.2) is 27.1 Å². The molecule has 2 amide bonds. The Morgan fingerprint density at radius 2 is 2.19 bits per heavy atom. The highest BCUT2D eigenvalue weighted by molar-refractivity contribution is 9.10. The lowest BCUT2D eigenvalue weighted by molar-refractivity contribution is -0.120. The SMILES string of the molecule is Cc1c(C(=O)N2CCNC(=O)CC2)oc2ccc(Br)cc12. The zero-order valence-electron chi connectivity index (χ0n) is 11.6. The lowest BCUT2D eigenvalue weighted by Crippen LogP contribution is -2.34. The summed E-state index contributed by atoms with van der Waals surface area (Å²) in [4.78, 5) is 25.6. The number of furan rings is 1. The van der Waals surface area contributed by atoms with Crippen LogP contribution in [0.4, 0.5) is 0 Å². The number of aryl methyl sites for hydroxylation is 1. The Kier molecular flexibility index (Phi) is 3.71. The summed E-state index contributed by atoms with van der Waals surface area (Å²) in [6.07, 6.45) is 0.330. The fourth-order valence-corrected chi connectivity index (χ4v) is 2.87. The molecule has 5 nitrogen and oxygen atoms in total. The summed E-state index contributed by atoms with van der Waals surface area (Å²) in [5, 5.41) is 3.69. The number of fused-ring (bicyclic) bond motifs is 1. The number of nitrogens with zero attached hydrogens (tertiary/aromatic N) is 1. The predicted octanol–water partition coefficient (Wildman–Crippen LogP) is 2.47. The van der Waals surface area contributed by atoms with E-state index in [1.165, 1.54) is 0 Å². The minimum atomic E-state index is -0.156. The molecule has 0 spiro atoms. The highest BCUT2D eigenvalue weighted by Gasteiger charge is 2.25. The van der Waals surface area contributed by atoms with Gasteiger partial charge in [0.2, 0.25) is 5.91 Å². The van der Waals surface area contributed by atoms with Gasteiger partial charge in [0.15, 0.2) is 5.76 Å². The minimum absolute atomic E-state index is 0.0180. The lowest BCUT2D eigenvalue weighted by Gasteiger charge is -2.18. The van der Waals surface area contributed by atoms with Gasteiger partial charge in [0.05, 0.1) is 0 Å². The van der Waals surface area contributed by atoms with Gasteiger partial charge in [-0.25, -0.2) is 0 Å². The molecule has 21 heavy (non-hydrogen) atoms. The number of carbonyl (C=O) groups is 2. The zero-order valence-corrected chi connectivity index (χ0v) is 13.2. The van der Waals surface area contributed by atoms with Crippen molar-refractivity contribution >= 4 is 38.7 Å². The average Bonchev–Trinajstić information content (AvgIpc) is 2.64. The first-order valence-electron chi connectivity index (χ1n) is 6.81. The fraction of sp³-hybridized carbons (Fsp3) is 0.333. The quantitative estimate of drug-likeness (QED) is 0.859. The molecule has 0 bridgehead atoms. The predicted molar refractivity (Wildman–Crippen MR) is 82.2 cm³/mol. The number of rotatable bonds is 1. The molecule has 0 atom stereocenters. The van der Waals surface area contributed by atoms with Crippen LogP contribution in [0.25, 0.3) is 11.0 Å². The molecule has 0 unspecified atom stereocenters. The topological polar surface area (TPSA) is 62.6 Å². The van der Waals surface area contributed by atoms with Crippen molar-refractivity contribution in [1.29, 1.82) is 0 Å². The maximum absolute atomic E-state index is 12.6. The second kappa shape index (κ2) is 5.52. The van der Waals surface area contributed by atoms with Gasteiger partial charge in [-0.1, -0.05) is 15.9 Å². The van der Waals surface area contributed by atoms with Crippen molar-refractivity contribution in [3.8, 4) is 0 Å². The highest BCUT2D eigenvalue weighted by Crippen LogP contribution is 2.28. The summed E-state index contributed by atoms with van der Waals surface area (Å²) >= 11 is 3.42. The van der Waals surface area contributed by atoms with E-state index in [1.807, 2.05) is 25.1 Å². The van der Waals surface area contributed by atoms with Gasteiger partial charge in [-0.05, 0) is 25.1 Å². The van der Waals surface area contributed by atoms with Crippen molar-refractivity contribution in [1.82, 2.24) is 10.2 Å². The van der Waals surface area contributed by atoms with Crippen LogP contribution < -0.4 is 5.32 Å². The van der Waals surface area contributed by atoms with Crippen molar-refractivity contribution in [2.45, 2.75) is 13.3 Å². The van der Waals surface area contributed by atoms with E-state index in [2.05, 4.69) is 21.2 Å². The highest BCUT2D eigenvalue weighted by atomic mass is 79.9. The number of amides is 2. The Morgan fingerprint density at radius 1 is 1.38 bits per heavy atom. The third-order valence-electron chi connectivity index (χ3n) is 3.69. The minimum Gasteiger partial charge on any atom is -0.451 e. The summed E-state index contributed by atoms with van der Waals surface area (Å²) in [6.45, 7) is 3.29. The van der Waals surface area contributed by atoms with E-state index >= 15 is 0 Å². The van der Waals surface area contributed by atoms with Crippen LogP contribution in [-0.4, -0.2) is 36.3 Å². The molecule has 0 saturated carbocycles. The summed E-state index contributed by atoms with van der Waals surface area (Å²) in [7, 11) is 0.